The highest BCUT2D eigenvalue weighted by Gasteiger charge is 2.06. The Bertz CT molecular complexity index is 387. The van der Waals surface area contributed by atoms with Crippen molar-refractivity contribution in [1.82, 2.24) is 10.6 Å². The third-order valence-corrected chi connectivity index (χ3v) is 3.12. The first kappa shape index (κ1) is 15.3. The molecule has 0 bridgehead atoms. The molecular formula is C15H25N3O. The number of nitrogens with zero attached hydrogens (tertiary/aromatic N) is 1. The zero-order chi connectivity index (χ0) is 14.1. The number of hydrogen-bond acceptors (Lipinski definition) is 2. The van der Waals surface area contributed by atoms with Crippen molar-refractivity contribution >= 4 is 5.96 Å². The molecule has 1 rings (SSSR count). The van der Waals surface area contributed by atoms with E-state index in [9.17, 15) is 0 Å². The van der Waals surface area contributed by atoms with Gasteiger partial charge in [0.1, 0.15) is 5.75 Å². The molecule has 0 aliphatic heterocycles. The third-order valence-electron chi connectivity index (χ3n) is 3.12. The lowest BCUT2D eigenvalue weighted by Crippen LogP contribution is -2.37. The van der Waals surface area contributed by atoms with Crippen LogP contribution >= 0.6 is 0 Å². The van der Waals surface area contributed by atoms with Crippen molar-refractivity contribution in [2.24, 2.45) is 4.99 Å². The molecular weight excluding hydrogens is 238 g/mol. The largest absolute Gasteiger partial charge is 0.497 e. The summed E-state index contributed by atoms with van der Waals surface area (Å²) in [6.45, 7) is 6.09. The number of hydrogen-bond donors (Lipinski definition) is 2. The van der Waals surface area contributed by atoms with Crippen LogP contribution in [0.25, 0.3) is 0 Å². The van der Waals surface area contributed by atoms with Crippen molar-refractivity contribution in [3.05, 3.63) is 29.8 Å². The molecule has 0 amide bonds. The first-order valence-corrected chi connectivity index (χ1v) is 6.79. The highest BCUT2D eigenvalue weighted by Crippen LogP contribution is 2.21. The molecule has 0 saturated carbocycles. The first-order chi connectivity index (χ1) is 9.21. The second kappa shape index (κ2) is 8.40. The van der Waals surface area contributed by atoms with E-state index in [2.05, 4.69) is 41.6 Å². The Morgan fingerprint density at radius 2 is 1.95 bits per heavy atom. The summed E-state index contributed by atoms with van der Waals surface area (Å²) in [5.74, 6) is 2.28. The van der Waals surface area contributed by atoms with Gasteiger partial charge in [-0.15, -0.1) is 0 Å². The zero-order valence-electron chi connectivity index (χ0n) is 12.4. The molecule has 0 aromatic heterocycles. The van der Waals surface area contributed by atoms with Gasteiger partial charge in [-0.3, -0.25) is 4.99 Å². The fourth-order valence-electron chi connectivity index (χ4n) is 1.89. The fourth-order valence-corrected chi connectivity index (χ4v) is 1.89. The highest BCUT2D eigenvalue weighted by atomic mass is 16.5. The number of benzene rings is 1. The average molecular weight is 263 g/mol. The first-order valence-electron chi connectivity index (χ1n) is 6.79. The van der Waals surface area contributed by atoms with Crippen LogP contribution in [0.5, 0.6) is 5.75 Å². The minimum Gasteiger partial charge on any atom is -0.497 e. The number of ether oxygens (including phenoxy) is 1. The predicted molar refractivity (Wildman–Crippen MR) is 81.1 cm³/mol. The number of aliphatic imine (C=N–C) groups is 1. The molecule has 1 atom stereocenters. The Hall–Kier alpha value is -1.71. The van der Waals surface area contributed by atoms with E-state index in [-0.39, 0.29) is 0 Å². The van der Waals surface area contributed by atoms with E-state index in [0.29, 0.717) is 5.92 Å². The molecule has 4 heteroatoms. The van der Waals surface area contributed by atoms with Crippen LogP contribution in [0.4, 0.5) is 0 Å². The van der Waals surface area contributed by atoms with Gasteiger partial charge in [0.05, 0.1) is 7.11 Å². The Labute approximate surface area is 116 Å². The van der Waals surface area contributed by atoms with E-state index in [4.69, 9.17) is 4.74 Å². The lowest BCUT2D eigenvalue weighted by molar-refractivity contribution is 0.414. The Kier molecular flexibility index (Phi) is 6.79. The van der Waals surface area contributed by atoms with Crippen molar-refractivity contribution in [1.29, 1.82) is 0 Å². The van der Waals surface area contributed by atoms with Gasteiger partial charge >= 0.3 is 0 Å². The van der Waals surface area contributed by atoms with Gasteiger partial charge in [0.15, 0.2) is 5.96 Å². The van der Waals surface area contributed by atoms with Crippen molar-refractivity contribution in [2.45, 2.75) is 26.2 Å². The van der Waals surface area contributed by atoms with Gasteiger partial charge in [-0.2, -0.15) is 0 Å². The van der Waals surface area contributed by atoms with Crippen molar-refractivity contribution in [3.63, 3.8) is 0 Å². The quantitative estimate of drug-likeness (QED) is 0.612. The Morgan fingerprint density at radius 3 is 2.47 bits per heavy atom. The summed E-state index contributed by atoms with van der Waals surface area (Å²) in [6, 6.07) is 8.28. The molecule has 2 N–H and O–H groups in total. The normalized spacial score (nSPS) is 12.9. The third kappa shape index (κ3) is 5.20. The smallest absolute Gasteiger partial charge is 0.190 e. The fraction of sp³-hybridized carbons (Fsp3) is 0.533. The Morgan fingerprint density at radius 1 is 1.26 bits per heavy atom. The van der Waals surface area contributed by atoms with E-state index in [1.807, 2.05) is 12.1 Å². The van der Waals surface area contributed by atoms with E-state index in [0.717, 1.165) is 31.2 Å². The zero-order valence-corrected chi connectivity index (χ0v) is 12.4. The van der Waals surface area contributed by atoms with Gasteiger partial charge in [-0.1, -0.05) is 19.1 Å². The van der Waals surface area contributed by atoms with Gasteiger partial charge in [0.2, 0.25) is 0 Å². The van der Waals surface area contributed by atoms with Crippen LogP contribution < -0.4 is 15.4 Å². The molecule has 0 fully saturated rings. The standard InChI is InChI=1S/C15H25N3O/c1-5-17-15(16-3)18-11-10-12(2)13-6-8-14(19-4)9-7-13/h6-9,12H,5,10-11H2,1-4H3,(H2,16,17,18). The Balaban J connectivity index is 2.39. The second-order valence-corrected chi connectivity index (χ2v) is 4.49. The van der Waals surface area contributed by atoms with Gasteiger partial charge in [-0.25, -0.2) is 0 Å². The molecule has 0 aliphatic rings. The lowest BCUT2D eigenvalue weighted by atomic mass is 9.98. The maximum absolute atomic E-state index is 5.17. The molecule has 0 radical (unpaired) electrons. The summed E-state index contributed by atoms with van der Waals surface area (Å²) >= 11 is 0. The van der Waals surface area contributed by atoms with Gasteiger partial charge in [0, 0.05) is 20.1 Å². The molecule has 0 saturated heterocycles. The highest BCUT2D eigenvalue weighted by molar-refractivity contribution is 5.79. The number of methoxy groups -OCH3 is 1. The van der Waals surface area contributed by atoms with Crippen LogP contribution in [0.1, 0.15) is 31.7 Å². The van der Waals surface area contributed by atoms with Crippen LogP contribution in [-0.4, -0.2) is 33.2 Å². The van der Waals surface area contributed by atoms with Crippen LogP contribution in [0, 0.1) is 0 Å². The molecule has 1 aromatic carbocycles. The van der Waals surface area contributed by atoms with Gasteiger partial charge in [-0.05, 0) is 37.0 Å². The number of nitrogens with one attached hydrogen (secondary N) is 2. The van der Waals surface area contributed by atoms with Crippen molar-refractivity contribution in [3.8, 4) is 5.75 Å². The monoisotopic (exact) mass is 263 g/mol. The van der Waals surface area contributed by atoms with Crippen LogP contribution in [-0.2, 0) is 0 Å². The molecule has 0 spiro atoms. The van der Waals surface area contributed by atoms with Crippen LogP contribution in [0.15, 0.2) is 29.3 Å². The molecule has 4 nitrogen and oxygen atoms in total. The summed E-state index contributed by atoms with van der Waals surface area (Å²) < 4.78 is 5.17. The number of rotatable bonds is 6. The molecule has 1 unspecified atom stereocenters. The summed E-state index contributed by atoms with van der Waals surface area (Å²) in [5, 5.41) is 6.49. The summed E-state index contributed by atoms with van der Waals surface area (Å²) in [4.78, 5) is 4.15. The summed E-state index contributed by atoms with van der Waals surface area (Å²) in [7, 11) is 3.48. The average Bonchev–Trinajstić information content (AvgIpc) is 2.46. The molecule has 19 heavy (non-hydrogen) atoms. The molecule has 1 aromatic rings. The van der Waals surface area contributed by atoms with Crippen LogP contribution in [0.3, 0.4) is 0 Å². The van der Waals surface area contributed by atoms with Crippen molar-refractivity contribution in [2.75, 3.05) is 27.2 Å². The molecule has 0 aliphatic carbocycles. The maximum Gasteiger partial charge on any atom is 0.190 e. The van der Waals surface area contributed by atoms with E-state index in [1.54, 1.807) is 14.2 Å². The van der Waals surface area contributed by atoms with Crippen LogP contribution in [0.2, 0.25) is 0 Å². The number of guanidine groups is 1. The van der Waals surface area contributed by atoms with Crippen molar-refractivity contribution < 1.29 is 4.74 Å². The lowest BCUT2D eigenvalue weighted by Gasteiger charge is -2.15. The van der Waals surface area contributed by atoms with Gasteiger partial charge < -0.3 is 15.4 Å². The molecule has 0 heterocycles. The van der Waals surface area contributed by atoms with E-state index >= 15 is 0 Å². The predicted octanol–water partition coefficient (Wildman–Crippen LogP) is 2.37. The van der Waals surface area contributed by atoms with E-state index in [1.165, 1.54) is 5.56 Å². The maximum atomic E-state index is 5.17. The summed E-state index contributed by atoms with van der Waals surface area (Å²) in [6.07, 6.45) is 1.07. The van der Waals surface area contributed by atoms with E-state index < -0.39 is 0 Å². The SMILES string of the molecule is CCNC(=NC)NCCC(C)c1ccc(OC)cc1. The minimum absolute atomic E-state index is 0.512. The molecule has 106 valence electrons. The summed E-state index contributed by atoms with van der Waals surface area (Å²) in [5.41, 5.74) is 1.33. The minimum atomic E-state index is 0.512. The second-order valence-electron chi connectivity index (χ2n) is 4.49. The topological polar surface area (TPSA) is 45.7 Å². The van der Waals surface area contributed by atoms with Gasteiger partial charge in [0.25, 0.3) is 0 Å².